The largest absolute Gasteiger partial charge is 1.00 e. The Morgan fingerprint density at radius 3 is 2.38 bits per heavy atom. The van der Waals surface area contributed by atoms with Gasteiger partial charge in [0, 0.05) is 9.86 Å². The first-order valence-corrected chi connectivity index (χ1v) is 6.38. The van der Waals surface area contributed by atoms with Crippen LogP contribution >= 0.6 is 15.9 Å². The normalized spacial score (nSPS) is 11.1. The van der Waals surface area contributed by atoms with Crippen LogP contribution in [0.2, 0.25) is 0 Å². The molecule has 6 heteroatoms. The zero-order valence-corrected chi connectivity index (χ0v) is 14.0. The Morgan fingerprint density at radius 2 is 1.75 bits per heavy atom. The molecule has 0 heterocycles. The molecule has 0 saturated heterocycles. The predicted molar refractivity (Wildman–Crippen MR) is 62.6 cm³/mol. The van der Waals surface area contributed by atoms with Crippen molar-refractivity contribution in [1.82, 2.24) is 0 Å². The summed E-state index contributed by atoms with van der Waals surface area (Å²) in [6.07, 6.45) is 0. The van der Waals surface area contributed by atoms with E-state index in [1.807, 2.05) is 6.07 Å². The van der Waals surface area contributed by atoms with Crippen molar-refractivity contribution in [1.29, 1.82) is 0 Å². The zero-order chi connectivity index (χ0) is 11.1. The number of fused-ring (bicyclic) bond motifs is 1. The summed E-state index contributed by atoms with van der Waals surface area (Å²) in [6.45, 7) is 0. The van der Waals surface area contributed by atoms with Gasteiger partial charge in [0.05, 0.1) is 0 Å². The first-order valence-electron chi connectivity index (χ1n) is 4.15. The van der Waals surface area contributed by atoms with E-state index < -0.39 is 10.1 Å². The van der Waals surface area contributed by atoms with Crippen molar-refractivity contribution >= 4 is 36.8 Å². The standard InChI is InChI=1S/C10H7BrO3S.K.H/c11-9-6-5-7-3-1-2-4-8(7)10(9)15(12,13)14;;/h1-6H,(H,12,13,14);;/q;+1;-1. The quantitative estimate of drug-likeness (QED) is 0.591. The van der Waals surface area contributed by atoms with Crippen LogP contribution in [0.3, 0.4) is 0 Å². The maximum absolute atomic E-state index is 11.2. The van der Waals surface area contributed by atoms with Gasteiger partial charge in [-0.3, -0.25) is 4.55 Å². The Balaban J connectivity index is 0.00000128. The smallest absolute Gasteiger partial charge is 1.00 e. The van der Waals surface area contributed by atoms with E-state index in [1.165, 1.54) is 0 Å². The third-order valence-electron chi connectivity index (χ3n) is 2.09. The molecule has 0 atom stereocenters. The summed E-state index contributed by atoms with van der Waals surface area (Å²) in [5, 5.41) is 1.28. The van der Waals surface area contributed by atoms with Crippen LogP contribution in [-0.4, -0.2) is 13.0 Å². The summed E-state index contributed by atoms with van der Waals surface area (Å²) in [7, 11) is -4.21. The molecule has 0 amide bonds. The molecule has 0 saturated carbocycles. The van der Waals surface area contributed by atoms with Gasteiger partial charge in [-0.1, -0.05) is 30.3 Å². The molecule has 0 aliphatic heterocycles. The Hall–Kier alpha value is 0.726. The van der Waals surface area contributed by atoms with Crippen molar-refractivity contribution in [3.63, 3.8) is 0 Å². The molecule has 0 aromatic heterocycles. The number of rotatable bonds is 1. The second-order valence-electron chi connectivity index (χ2n) is 3.07. The molecule has 2 aromatic rings. The van der Waals surface area contributed by atoms with Gasteiger partial charge in [-0.2, -0.15) is 8.42 Å². The first kappa shape index (κ1) is 14.8. The molecule has 0 fully saturated rings. The molecule has 0 spiro atoms. The van der Waals surface area contributed by atoms with Crippen LogP contribution in [0.1, 0.15) is 1.43 Å². The molecule has 80 valence electrons. The summed E-state index contributed by atoms with van der Waals surface area (Å²) in [5.74, 6) is 0. The Morgan fingerprint density at radius 1 is 1.12 bits per heavy atom. The SMILES string of the molecule is O=S(=O)(O)c1c(Br)ccc2ccccc12.[H-].[K+]. The van der Waals surface area contributed by atoms with Crippen molar-refractivity contribution in [2.75, 3.05) is 0 Å². The molecular formula is C10H8BrKO3S. The van der Waals surface area contributed by atoms with Crippen LogP contribution in [0, 0.1) is 0 Å². The molecule has 16 heavy (non-hydrogen) atoms. The minimum absolute atomic E-state index is 0. The Bertz CT molecular complexity index is 630. The number of hydrogen-bond donors (Lipinski definition) is 1. The summed E-state index contributed by atoms with van der Waals surface area (Å²) < 4.78 is 31.9. The molecule has 0 unspecified atom stereocenters. The van der Waals surface area contributed by atoms with Gasteiger partial charge in [0.25, 0.3) is 10.1 Å². The third kappa shape index (κ3) is 2.94. The van der Waals surface area contributed by atoms with Crippen LogP contribution in [0.5, 0.6) is 0 Å². The van der Waals surface area contributed by atoms with Crippen LogP contribution in [0.15, 0.2) is 45.8 Å². The maximum atomic E-state index is 11.2. The second kappa shape index (κ2) is 5.58. The fourth-order valence-corrected chi connectivity index (χ4v) is 3.22. The van der Waals surface area contributed by atoms with Crippen molar-refractivity contribution in [3.8, 4) is 0 Å². The van der Waals surface area contributed by atoms with E-state index in [0.717, 1.165) is 5.39 Å². The minimum Gasteiger partial charge on any atom is -1.00 e. The van der Waals surface area contributed by atoms with Gasteiger partial charge in [-0.05, 0) is 27.4 Å². The van der Waals surface area contributed by atoms with E-state index in [-0.39, 0.29) is 57.7 Å². The average Bonchev–Trinajstić information content (AvgIpc) is 2.15. The van der Waals surface area contributed by atoms with Crippen LogP contribution in [0.4, 0.5) is 0 Å². The summed E-state index contributed by atoms with van der Waals surface area (Å²) >= 11 is 3.11. The molecule has 1 N–H and O–H groups in total. The maximum Gasteiger partial charge on any atom is 1.00 e. The molecule has 2 rings (SSSR count). The van der Waals surface area contributed by atoms with Gasteiger partial charge in [0.2, 0.25) is 0 Å². The van der Waals surface area contributed by atoms with E-state index in [9.17, 15) is 8.42 Å². The minimum atomic E-state index is -4.21. The van der Waals surface area contributed by atoms with Gasteiger partial charge < -0.3 is 1.43 Å². The van der Waals surface area contributed by atoms with Crippen molar-refractivity contribution < 1.29 is 65.8 Å². The van der Waals surface area contributed by atoms with Crippen molar-refractivity contribution in [3.05, 3.63) is 40.9 Å². The Labute approximate surface area is 146 Å². The van der Waals surface area contributed by atoms with Gasteiger partial charge >= 0.3 is 51.4 Å². The second-order valence-corrected chi connectivity index (χ2v) is 5.29. The summed E-state index contributed by atoms with van der Waals surface area (Å²) in [4.78, 5) is -0.0828. The molecule has 3 nitrogen and oxygen atoms in total. The Kier molecular flexibility index (Phi) is 5.16. The fraction of sp³-hybridized carbons (Fsp3) is 0. The van der Waals surface area contributed by atoms with Gasteiger partial charge in [-0.25, -0.2) is 0 Å². The van der Waals surface area contributed by atoms with E-state index in [0.29, 0.717) is 9.86 Å². The van der Waals surface area contributed by atoms with Crippen molar-refractivity contribution in [2.24, 2.45) is 0 Å². The van der Waals surface area contributed by atoms with Crippen LogP contribution in [0.25, 0.3) is 10.8 Å². The predicted octanol–water partition coefficient (Wildman–Crippen LogP) is -0.0345. The molecule has 0 bridgehead atoms. The van der Waals surface area contributed by atoms with Gasteiger partial charge in [-0.15, -0.1) is 0 Å². The fourth-order valence-electron chi connectivity index (χ4n) is 1.48. The van der Waals surface area contributed by atoms with E-state index in [4.69, 9.17) is 4.55 Å². The van der Waals surface area contributed by atoms with Crippen LogP contribution in [-0.2, 0) is 10.1 Å². The molecular weight excluding hydrogens is 319 g/mol. The number of halogens is 1. The average molecular weight is 327 g/mol. The molecule has 2 aromatic carbocycles. The third-order valence-corrected chi connectivity index (χ3v) is 3.97. The van der Waals surface area contributed by atoms with Gasteiger partial charge in [0.1, 0.15) is 4.90 Å². The first-order chi connectivity index (χ1) is 7.00. The monoisotopic (exact) mass is 326 g/mol. The van der Waals surface area contributed by atoms with E-state index >= 15 is 0 Å². The van der Waals surface area contributed by atoms with Gasteiger partial charge in [0.15, 0.2) is 0 Å². The molecule has 0 radical (unpaired) electrons. The molecule has 0 aliphatic rings. The number of hydrogen-bond acceptors (Lipinski definition) is 2. The topological polar surface area (TPSA) is 54.4 Å². The van der Waals surface area contributed by atoms with E-state index in [2.05, 4.69) is 15.9 Å². The molecule has 0 aliphatic carbocycles. The van der Waals surface area contributed by atoms with Crippen LogP contribution < -0.4 is 51.4 Å². The summed E-state index contributed by atoms with van der Waals surface area (Å²) in [6, 6.07) is 10.4. The van der Waals surface area contributed by atoms with Crippen molar-refractivity contribution in [2.45, 2.75) is 4.90 Å². The number of benzene rings is 2. The summed E-state index contributed by atoms with van der Waals surface area (Å²) in [5.41, 5.74) is 0. The zero-order valence-electron chi connectivity index (χ0n) is 9.51. The van der Waals surface area contributed by atoms with E-state index in [1.54, 1.807) is 30.3 Å².